The summed E-state index contributed by atoms with van der Waals surface area (Å²) in [5, 5.41) is 0. The minimum atomic E-state index is -4.69. The summed E-state index contributed by atoms with van der Waals surface area (Å²) in [6.45, 7) is 0. The van der Waals surface area contributed by atoms with Crippen LogP contribution in [0.5, 0.6) is 0 Å². The number of ketones is 1. The van der Waals surface area contributed by atoms with Gasteiger partial charge in [0.1, 0.15) is 5.82 Å². The normalized spacial score (nSPS) is 11.5. The molecule has 1 aromatic carbocycles. The van der Waals surface area contributed by atoms with Crippen molar-refractivity contribution in [2.75, 3.05) is 5.88 Å². The number of hydrogen-bond donors (Lipinski definition) is 0. The zero-order valence-corrected chi connectivity index (χ0v) is 7.99. The second-order valence-electron chi connectivity index (χ2n) is 2.74. The van der Waals surface area contributed by atoms with E-state index in [0.29, 0.717) is 18.2 Å². The van der Waals surface area contributed by atoms with Gasteiger partial charge < -0.3 is 0 Å². The Morgan fingerprint density at radius 2 is 1.93 bits per heavy atom. The van der Waals surface area contributed by atoms with Gasteiger partial charge in [0.05, 0.1) is 11.4 Å². The summed E-state index contributed by atoms with van der Waals surface area (Å²) in [6.07, 6.45) is -4.69. The Labute approximate surface area is 87.7 Å². The lowest BCUT2D eigenvalue weighted by Gasteiger charge is -2.10. The number of Topliss-reactive ketones (excluding diaryl/α,β-unsaturated/α-hetero) is 1. The molecule has 0 aliphatic heterocycles. The molecule has 0 amide bonds. The maximum absolute atomic E-state index is 12.7. The van der Waals surface area contributed by atoms with Gasteiger partial charge in [-0.25, -0.2) is 4.39 Å². The predicted octanol–water partition coefficient (Wildman–Crippen LogP) is 3.27. The second-order valence-corrected chi connectivity index (χ2v) is 3.01. The van der Waals surface area contributed by atoms with E-state index in [1.54, 1.807) is 0 Å². The third-order valence-corrected chi connectivity index (χ3v) is 1.95. The lowest BCUT2D eigenvalue weighted by atomic mass is 10.0. The number of alkyl halides is 4. The predicted molar refractivity (Wildman–Crippen MR) is 46.5 cm³/mol. The van der Waals surface area contributed by atoms with Crippen LogP contribution < -0.4 is 0 Å². The van der Waals surface area contributed by atoms with E-state index >= 15 is 0 Å². The number of carbonyl (C=O) groups is 1. The quantitative estimate of drug-likeness (QED) is 0.441. The Morgan fingerprint density at radius 3 is 2.40 bits per heavy atom. The molecule has 0 heterocycles. The lowest BCUT2D eigenvalue weighted by molar-refractivity contribution is -0.137. The van der Waals surface area contributed by atoms with Gasteiger partial charge in [-0.15, -0.1) is 11.6 Å². The number of benzene rings is 1. The van der Waals surface area contributed by atoms with Crippen LogP contribution in [0.15, 0.2) is 18.2 Å². The highest BCUT2D eigenvalue weighted by Crippen LogP contribution is 2.32. The fourth-order valence-corrected chi connectivity index (χ4v) is 1.21. The Kier molecular flexibility index (Phi) is 3.34. The fourth-order valence-electron chi connectivity index (χ4n) is 1.07. The highest BCUT2D eigenvalue weighted by molar-refractivity contribution is 6.30. The second kappa shape index (κ2) is 4.18. The van der Waals surface area contributed by atoms with Gasteiger partial charge in [0, 0.05) is 5.56 Å². The van der Waals surface area contributed by atoms with Crippen LogP contribution >= 0.6 is 11.6 Å². The number of halogens is 5. The van der Waals surface area contributed by atoms with Gasteiger partial charge in [0.25, 0.3) is 0 Å². The maximum Gasteiger partial charge on any atom is 0.417 e. The van der Waals surface area contributed by atoms with Crippen LogP contribution in [0.25, 0.3) is 0 Å². The SMILES string of the molecule is O=C(CCl)c1cc(F)ccc1C(F)(F)F. The van der Waals surface area contributed by atoms with Crippen LogP contribution in [0.3, 0.4) is 0 Å². The largest absolute Gasteiger partial charge is 0.417 e. The van der Waals surface area contributed by atoms with E-state index in [9.17, 15) is 22.4 Å². The highest BCUT2D eigenvalue weighted by atomic mass is 35.5. The van der Waals surface area contributed by atoms with E-state index < -0.39 is 34.8 Å². The van der Waals surface area contributed by atoms with Crippen LogP contribution in [0.4, 0.5) is 17.6 Å². The molecule has 0 unspecified atom stereocenters. The molecule has 0 radical (unpaired) electrons. The van der Waals surface area contributed by atoms with Crippen molar-refractivity contribution >= 4 is 17.4 Å². The fraction of sp³-hybridized carbons (Fsp3) is 0.222. The lowest BCUT2D eigenvalue weighted by Crippen LogP contribution is -2.14. The van der Waals surface area contributed by atoms with Gasteiger partial charge in [-0.3, -0.25) is 4.79 Å². The molecule has 1 aromatic rings. The zero-order valence-electron chi connectivity index (χ0n) is 7.24. The number of carbonyl (C=O) groups excluding carboxylic acids is 1. The molecule has 0 fully saturated rings. The van der Waals surface area contributed by atoms with Gasteiger partial charge in [-0.1, -0.05) is 0 Å². The summed E-state index contributed by atoms with van der Waals surface area (Å²) in [5.74, 6) is -2.48. The Balaban J connectivity index is 3.33. The van der Waals surface area contributed by atoms with Crippen LogP contribution in [-0.2, 0) is 6.18 Å². The van der Waals surface area contributed by atoms with Crippen LogP contribution in [0.2, 0.25) is 0 Å². The van der Waals surface area contributed by atoms with Crippen LogP contribution in [0.1, 0.15) is 15.9 Å². The molecule has 0 saturated heterocycles. The minimum Gasteiger partial charge on any atom is -0.293 e. The van der Waals surface area contributed by atoms with Crippen molar-refractivity contribution in [2.24, 2.45) is 0 Å². The Hall–Kier alpha value is -1.10. The van der Waals surface area contributed by atoms with Gasteiger partial charge in [-0.05, 0) is 18.2 Å². The number of rotatable bonds is 2. The van der Waals surface area contributed by atoms with Crippen molar-refractivity contribution in [3.05, 3.63) is 35.1 Å². The molecular weight excluding hydrogens is 236 g/mol. The third-order valence-electron chi connectivity index (χ3n) is 1.71. The van der Waals surface area contributed by atoms with Crippen molar-refractivity contribution in [1.82, 2.24) is 0 Å². The molecule has 82 valence electrons. The smallest absolute Gasteiger partial charge is 0.293 e. The van der Waals surface area contributed by atoms with Gasteiger partial charge in [0.15, 0.2) is 5.78 Å². The molecular formula is C9H5ClF4O. The molecule has 1 nitrogen and oxygen atoms in total. The van der Waals surface area contributed by atoms with E-state index in [4.69, 9.17) is 11.6 Å². The van der Waals surface area contributed by atoms with Crippen molar-refractivity contribution in [3.8, 4) is 0 Å². The molecule has 0 aromatic heterocycles. The first-order chi connectivity index (χ1) is 6.86. The average Bonchev–Trinajstić information content (AvgIpc) is 2.14. The molecule has 6 heteroatoms. The van der Waals surface area contributed by atoms with E-state index in [0.717, 1.165) is 0 Å². The van der Waals surface area contributed by atoms with Gasteiger partial charge in [-0.2, -0.15) is 13.2 Å². The highest BCUT2D eigenvalue weighted by Gasteiger charge is 2.35. The van der Waals surface area contributed by atoms with Crippen molar-refractivity contribution in [3.63, 3.8) is 0 Å². The van der Waals surface area contributed by atoms with Gasteiger partial charge >= 0.3 is 6.18 Å². The van der Waals surface area contributed by atoms with Crippen molar-refractivity contribution in [2.45, 2.75) is 6.18 Å². The zero-order chi connectivity index (χ0) is 11.6. The van der Waals surface area contributed by atoms with E-state index in [2.05, 4.69) is 0 Å². The average molecular weight is 241 g/mol. The third kappa shape index (κ3) is 2.68. The van der Waals surface area contributed by atoms with Crippen molar-refractivity contribution in [1.29, 1.82) is 0 Å². The Morgan fingerprint density at radius 1 is 1.33 bits per heavy atom. The van der Waals surface area contributed by atoms with E-state index in [-0.39, 0.29) is 0 Å². The first-order valence-corrected chi connectivity index (χ1v) is 4.35. The maximum atomic E-state index is 12.7. The molecule has 0 atom stereocenters. The van der Waals surface area contributed by atoms with E-state index in [1.807, 2.05) is 0 Å². The van der Waals surface area contributed by atoms with E-state index in [1.165, 1.54) is 0 Å². The first kappa shape index (κ1) is 12.0. The summed E-state index contributed by atoms with van der Waals surface area (Å²) in [5.41, 5.74) is -1.91. The molecule has 0 N–H and O–H groups in total. The van der Waals surface area contributed by atoms with Crippen molar-refractivity contribution < 1.29 is 22.4 Å². The summed E-state index contributed by atoms with van der Waals surface area (Å²) >= 11 is 5.12. The number of hydrogen-bond acceptors (Lipinski definition) is 1. The molecule has 0 bridgehead atoms. The molecule has 0 aliphatic carbocycles. The van der Waals surface area contributed by atoms with Gasteiger partial charge in [0.2, 0.25) is 0 Å². The summed E-state index contributed by atoms with van der Waals surface area (Å²) in [7, 11) is 0. The summed E-state index contributed by atoms with van der Waals surface area (Å²) in [6, 6.07) is 1.70. The molecule has 0 spiro atoms. The summed E-state index contributed by atoms with van der Waals surface area (Å²) in [4.78, 5) is 11.0. The molecule has 15 heavy (non-hydrogen) atoms. The topological polar surface area (TPSA) is 17.1 Å². The van der Waals surface area contributed by atoms with Crippen LogP contribution in [0, 0.1) is 5.82 Å². The minimum absolute atomic E-state index is 0.523. The summed E-state index contributed by atoms with van der Waals surface area (Å²) < 4.78 is 49.7. The van der Waals surface area contributed by atoms with Crippen LogP contribution in [-0.4, -0.2) is 11.7 Å². The monoisotopic (exact) mass is 240 g/mol. The molecule has 0 aliphatic rings. The standard InChI is InChI=1S/C9H5ClF4O/c10-4-8(15)6-3-5(11)1-2-7(6)9(12,13)14/h1-3H,4H2. The molecule has 1 rings (SSSR count). The first-order valence-electron chi connectivity index (χ1n) is 3.82. The Bertz CT molecular complexity index is 386. The molecule has 0 saturated carbocycles.